The maximum atomic E-state index is 12.5. The minimum Gasteiger partial charge on any atom is -0.469 e. The number of carbonyl (C=O) groups is 2. The van der Waals surface area contributed by atoms with E-state index in [0.29, 0.717) is 18.8 Å². The molecule has 1 aromatic rings. The fourth-order valence-electron chi connectivity index (χ4n) is 2.97. The average Bonchev–Trinajstić information content (AvgIpc) is 2.97. The van der Waals surface area contributed by atoms with Crippen molar-refractivity contribution in [2.45, 2.75) is 58.3 Å². The van der Waals surface area contributed by atoms with Gasteiger partial charge in [-0.05, 0) is 42.4 Å². The van der Waals surface area contributed by atoms with E-state index >= 15 is 0 Å². The summed E-state index contributed by atoms with van der Waals surface area (Å²) in [6.07, 6.45) is 4.43. The van der Waals surface area contributed by atoms with Crippen LogP contribution in [0.5, 0.6) is 0 Å². The van der Waals surface area contributed by atoms with Crippen molar-refractivity contribution in [1.29, 1.82) is 0 Å². The van der Waals surface area contributed by atoms with Gasteiger partial charge in [-0.1, -0.05) is 32.4 Å². The molecule has 0 spiro atoms. The first-order valence-electron chi connectivity index (χ1n) is 8.53. The molecular formula is C19H27NO3. The lowest BCUT2D eigenvalue weighted by Crippen LogP contribution is -2.28. The van der Waals surface area contributed by atoms with Crippen LogP contribution in [0.25, 0.3) is 0 Å². The summed E-state index contributed by atoms with van der Waals surface area (Å²) in [7, 11) is 1.40. The number of anilines is 1. The van der Waals surface area contributed by atoms with Gasteiger partial charge in [0, 0.05) is 25.1 Å². The molecule has 0 bridgehead atoms. The number of amides is 1. The van der Waals surface area contributed by atoms with Crippen LogP contribution < -0.4 is 4.90 Å². The first-order valence-corrected chi connectivity index (χ1v) is 8.53. The molecule has 0 fully saturated rings. The number of nitrogens with zero attached hydrogens (tertiary/aromatic N) is 1. The molecule has 0 aliphatic carbocycles. The Labute approximate surface area is 138 Å². The molecule has 1 heterocycles. The maximum absolute atomic E-state index is 12.5. The van der Waals surface area contributed by atoms with E-state index in [-0.39, 0.29) is 11.9 Å². The monoisotopic (exact) mass is 317 g/mol. The summed E-state index contributed by atoms with van der Waals surface area (Å²) in [5.74, 6) is 0.491. The predicted molar refractivity (Wildman–Crippen MR) is 91.7 cm³/mol. The zero-order chi connectivity index (χ0) is 16.8. The highest BCUT2D eigenvalue weighted by Gasteiger charge is 2.24. The Morgan fingerprint density at radius 2 is 1.91 bits per heavy atom. The zero-order valence-corrected chi connectivity index (χ0v) is 14.4. The number of methoxy groups -OCH3 is 1. The molecule has 0 radical (unpaired) electrons. The largest absolute Gasteiger partial charge is 0.469 e. The lowest BCUT2D eigenvalue weighted by atomic mass is 10.0. The summed E-state index contributed by atoms with van der Waals surface area (Å²) in [5, 5.41) is 0. The fourth-order valence-corrected chi connectivity index (χ4v) is 2.97. The molecule has 1 aliphatic rings. The third kappa shape index (κ3) is 4.57. The van der Waals surface area contributed by atoms with Crippen LogP contribution in [0.15, 0.2) is 18.2 Å². The molecule has 0 atom stereocenters. The zero-order valence-electron chi connectivity index (χ0n) is 14.4. The van der Waals surface area contributed by atoms with Gasteiger partial charge in [-0.15, -0.1) is 0 Å². The number of hydrogen-bond acceptors (Lipinski definition) is 3. The number of carbonyl (C=O) groups excluding carboxylic acids is 2. The van der Waals surface area contributed by atoms with E-state index in [4.69, 9.17) is 0 Å². The van der Waals surface area contributed by atoms with Crippen LogP contribution in [0.3, 0.4) is 0 Å². The number of hydrogen-bond donors (Lipinski definition) is 0. The molecule has 4 heteroatoms. The topological polar surface area (TPSA) is 46.6 Å². The summed E-state index contributed by atoms with van der Waals surface area (Å²) >= 11 is 0. The average molecular weight is 317 g/mol. The second kappa shape index (κ2) is 8.14. The normalized spacial score (nSPS) is 13.3. The highest BCUT2D eigenvalue weighted by Crippen LogP contribution is 2.32. The van der Waals surface area contributed by atoms with Gasteiger partial charge >= 0.3 is 5.97 Å². The number of ether oxygens (including phenoxy) is 1. The van der Waals surface area contributed by atoms with Gasteiger partial charge < -0.3 is 9.64 Å². The predicted octanol–water partition coefficient (Wildman–Crippen LogP) is 3.82. The Hall–Kier alpha value is -1.84. The number of benzene rings is 1. The van der Waals surface area contributed by atoms with E-state index < -0.39 is 0 Å². The highest BCUT2D eigenvalue weighted by atomic mass is 16.5. The minimum absolute atomic E-state index is 0.175. The summed E-state index contributed by atoms with van der Waals surface area (Å²) in [5.41, 5.74) is 3.64. The Balaban J connectivity index is 1.85. The second-order valence-corrected chi connectivity index (χ2v) is 6.48. The number of unbranched alkanes of at least 4 members (excludes halogenated alkanes) is 2. The Bertz CT molecular complexity index is 566. The molecule has 1 aromatic carbocycles. The van der Waals surface area contributed by atoms with Gasteiger partial charge in [0.05, 0.1) is 7.11 Å². The lowest BCUT2D eigenvalue weighted by molar-refractivity contribution is -0.140. The molecule has 4 nitrogen and oxygen atoms in total. The van der Waals surface area contributed by atoms with E-state index in [2.05, 4.69) is 36.8 Å². The van der Waals surface area contributed by atoms with Gasteiger partial charge in [0.2, 0.25) is 5.91 Å². The van der Waals surface area contributed by atoms with Crippen LogP contribution in [0.4, 0.5) is 5.69 Å². The van der Waals surface area contributed by atoms with Gasteiger partial charge in [-0.25, -0.2) is 0 Å². The minimum atomic E-state index is -0.175. The van der Waals surface area contributed by atoms with Crippen molar-refractivity contribution in [2.24, 2.45) is 0 Å². The Morgan fingerprint density at radius 3 is 2.61 bits per heavy atom. The first kappa shape index (κ1) is 17.5. The van der Waals surface area contributed by atoms with Crippen LogP contribution in [0.2, 0.25) is 0 Å². The first-order chi connectivity index (χ1) is 11.0. The lowest BCUT2D eigenvalue weighted by Gasteiger charge is -2.19. The van der Waals surface area contributed by atoms with Crippen molar-refractivity contribution in [2.75, 3.05) is 18.6 Å². The van der Waals surface area contributed by atoms with E-state index in [1.807, 2.05) is 4.90 Å². The number of rotatable bonds is 7. The van der Waals surface area contributed by atoms with Gasteiger partial charge in [0.15, 0.2) is 0 Å². The van der Waals surface area contributed by atoms with Crippen LogP contribution >= 0.6 is 0 Å². The Kier molecular flexibility index (Phi) is 6.20. The molecule has 2 rings (SSSR count). The van der Waals surface area contributed by atoms with Crippen molar-refractivity contribution in [3.63, 3.8) is 0 Å². The Morgan fingerprint density at radius 1 is 1.17 bits per heavy atom. The van der Waals surface area contributed by atoms with Crippen molar-refractivity contribution in [3.05, 3.63) is 29.3 Å². The molecule has 1 aliphatic heterocycles. The van der Waals surface area contributed by atoms with Crippen molar-refractivity contribution < 1.29 is 14.3 Å². The fraction of sp³-hybridized carbons (Fsp3) is 0.579. The van der Waals surface area contributed by atoms with E-state index in [9.17, 15) is 9.59 Å². The van der Waals surface area contributed by atoms with Crippen LogP contribution in [-0.4, -0.2) is 25.5 Å². The van der Waals surface area contributed by atoms with Gasteiger partial charge in [0.25, 0.3) is 0 Å². The summed E-state index contributed by atoms with van der Waals surface area (Å²) in [6, 6.07) is 6.50. The molecule has 126 valence electrons. The summed E-state index contributed by atoms with van der Waals surface area (Å²) < 4.78 is 4.61. The number of fused-ring (bicyclic) bond motifs is 1. The van der Waals surface area contributed by atoms with E-state index in [1.165, 1.54) is 18.2 Å². The molecular weight excluding hydrogens is 290 g/mol. The molecule has 0 aromatic heterocycles. The van der Waals surface area contributed by atoms with Gasteiger partial charge in [-0.2, -0.15) is 0 Å². The van der Waals surface area contributed by atoms with Crippen molar-refractivity contribution >= 4 is 17.6 Å². The SMILES string of the molecule is COC(=O)CCCCCC(=O)N1CCc2ccc(C(C)C)cc21. The van der Waals surface area contributed by atoms with Crippen LogP contribution in [0.1, 0.15) is 63.0 Å². The molecule has 0 saturated carbocycles. The molecule has 0 N–H and O–H groups in total. The number of esters is 1. The third-order valence-electron chi connectivity index (χ3n) is 4.47. The van der Waals surface area contributed by atoms with E-state index in [1.54, 1.807) is 0 Å². The maximum Gasteiger partial charge on any atom is 0.305 e. The molecule has 23 heavy (non-hydrogen) atoms. The molecule has 1 amide bonds. The third-order valence-corrected chi connectivity index (χ3v) is 4.47. The molecule has 0 unspecified atom stereocenters. The summed E-state index contributed by atoms with van der Waals surface area (Å²) in [6.45, 7) is 5.13. The van der Waals surface area contributed by atoms with Crippen LogP contribution in [0, 0.1) is 0 Å². The standard InChI is InChI=1S/C19H27NO3/c1-14(2)16-10-9-15-11-12-20(17(15)13-16)18(21)7-5-4-6-8-19(22)23-3/h9-10,13-14H,4-8,11-12H2,1-3H3. The summed E-state index contributed by atoms with van der Waals surface area (Å²) in [4.78, 5) is 25.5. The van der Waals surface area contributed by atoms with Crippen molar-refractivity contribution in [1.82, 2.24) is 0 Å². The van der Waals surface area contributed by atoms with Crippen molar-refractivity contribution in [3.8, 4) is 0 Å². The quantitative estimate of drug-likeness (QED) is 0.567. The van der Waals surface area contributed by atoms with Gasteiger partial charge in [0.1, 0.15) is 0 Å². The van der Waals surface area contributed by atoms with Crippen LogP contribution in [-0.2, 0) is 20.7 Å². The smallest absolute Gasteiger partial charge is 0.305 e. The van der Waals surface area contributed by atoms with E-state index in [0.717, 1.165) is 37.9 Å². The molecule has 0 saturated heterocycles. The second-order valence-electron chi connectivity index (χ2n) is 6.48. The highest BCUT2D eigenvalue weighted by molar-refractivity contribution is 5.95. The van der Waals surface area contributed by atoms with Gasteiger partial charge in [-0.3, -0.25) is 9.59 Å².